The molecule has 0 radical (unpaired) electrons. The molecule has 2 aliphatic heterocycles. The van der Waals surface area contributed by atoms with Crippen molar-refractivity contribution in [1.29, 1.82) is 0 Å². The van der Waals surface area contributed by atoms with E-state index in [-0.39, 0.29) is 12.8 Å². The van der Waals surface area contributed by atoms with Crippen LogP contribution in [0.3, 0.4) is 0 Å². The number of esters is 1. The minimum atomic E-state index is -0.202. The van der Waals surface area contributed by atoms with Gasteiger partial charge in [-0.1, -0.05) is 45.4 Å². The molecule has 0 fully saturated rings. The van der Waals surface area contributed by atoms with Crippen LogP contribution in [-0.2, 0) is 17.8 Å². The van der Waals surface area contributed by atoms with Gasteiger partial charge in [-0.25, -0.2) is 0 Å². The van der Waals surface area contributed by atoms with Gasteiger partial charge in [-0.2, -0.15) is 4.57 Å². The first kappa shape index (κ1) is 23.8. The van der Waals surface area contributed by atoms with Gasteiger partial charge in [0, 0.05) is 23.6 Å². The first-order chi connectivity index (χ1) is 18.2. The van der Waals surface area contributed by atoms with Crippen molar-refractivity contribution in [3.8, 4) is 23.0 Å². The monoisotopic (exact) mass is 500 g/mol. The largest absolute Gasteiger partial charge is 0.493 e. The quantitative estimate of drug-likeness (QED) is 0.0790. The average Bonchev–Trinajstić information content (AvgIpc) is 3.39. The molecule has 0 aliphatic carbocycles. The van der Waals surface area contributed by atoms with Gasteiger partial charge >= 0.3 is 5.97 Å². The second-order valence-corrected chi connectivity index (χ2v) is 10.1. The van der Waals surface area contributed by atoms with Crippen molar-refractivity contribution < 1.29 is 28.3 Å². The minimum Gasteiger partial charge on any atom is -0.493 e. The van der Waals surface area contributed by atoms with Gasteiger partial charge in [-0.3, -0.25) is 4.79 Å². The van der Waals surface area contributed by atoms with Crippen LogP contribution in [0.2, 0.25) is 0 Å². The highest BCUT2D eigenvalue weighted by molar-refractivity contribution is 6.17. The van der Waals surface area contributed by atoms with Gasteiger partial charge in [0.05, 0.1) is 23.3 Å². The molecule has 1 aromatic heterocycles. The lowest BCUT2D eigenvalue weighted by Crippen LogP contribution is -2.38. The minimum absolute atomic E-state index is 0.202. The summed E-state index contributed by atoms with van der Waals surface area (Å²) >= 11 is 0. The fraction of sp³-hybridized carbons (Fsp3) is 0.419. The number of carbonyl (C=O) groups is 1. The Bertz CT molecular complexity index is 1510. The van der Waals surface area contributed by atoms with Crippen LogP contribution >= 0.6 is 0 Å². The van der Waals surface area contributed by atoms with Gasteiger partial charge in [-0.05, 0) is 42.3 Å². The molecule has 0 N–H and O–H groups in total. The van der Waals surface area contributed by atoms with Crippen molar-refractivity contribution in [3.05, 3.63) is 42.1 Å². The third kappa shape index (κ3) is 4.22. The third-order valence-electron chi connectivity index (χ3n) is 7.76. The van der Waals surface area contributed by atoms with Crippen LogP contribution in [0.25, 0.3) is 32.4 Å². The molecular weight excluding hydrogens is 466 g/mol. The van der Waals surface area contributed by atoms with Crippen LogP contribution in [0.15, 0.2) is 36.5 Å². The van der Waals surface area contributed by atoms with E-state index in [1.807, 2.05) is 6.07 Å². The third-order valence-corrected chi connectivity index (χ3v) is 7.76. The number of hydrogen-bond acceptors (Lipinski definition) is 5. The smallest absolute Gasteiger partial charge is 0.311 e. The number of aryl methyl sites for hydroxylation is 2. The van der Waals surface area contributed by atoms with Crippen LogP contribution in [-0.4, -0.2) is 19.9 Å². The van der Waals surface area contributed by atoms with Crippen LogP contribution in [0.1, 0.15) is 63.9 Å². The molecule has 6 heteroatoms. The van der Waals surface area contributed by atoms with Crippen molar-refractivity contribution in [2.45, 2.75) is 71.3 Å². The maximum absolute atomic E-state index is 12.9. The summed E-state index contributed by atoms with van der Waals surface area (Å²) in [7, 11) is 1.62. The fourth-order valence-corrected chi connectivity index (χ4v) is 5.89. The number of carbonyl (C=O) groups excluding carboxylic acids is 1. The molecule has 6 nitrogen and oxygen atoms in total. The maximum Gasteiger partial charge on any atom is 0.311 e. The molecule has 2 aliphatic rings. The van der Waals surface area contributed by atoms with Gasteiger partial charge in [0.15, 0.2) is 35.7 Å². The van der Waals surface area contributed by atoms with Gasteiger partial charge in [0.25, 0.3) is 0 Å². The maximum atomic E-state index is 12.9. The molecule has 192 valence electrons. The highest BCUT2D eigenvalue weighted by Crippen LogP contribution is 2.46. The normalized spacial score (nSPS) is 13.7. The van der Waals surface area contributed by atoms with Crippen molar-refractivity contribution in [1.82, 2.24) is 0 Å². The number of methoxy groups -OCH3 is 1. The van der Waals surface area contributed by atoms with Crippen molar-refractivity contribution in [2.24, 2.45) is 0 Å². The van der Waals surface area contributed by atoms with E-state index in [9.17, 15) is 4.79 Å². The van der Waals surface area contributed by atoms with E-state index in [1.54, 1.807) is 7.11 Å². The zero-order valence-electron chi connectivity index (χ0n) is 21.7. The first-order valence-corrected chi connectivity index (χ1v) is 13.6. The Kier molecular flexibility index (Phi) is 6.49. The molecule has 4 aromatic rings. The van der Waals surface area contributed by atoms with E-state index in [2.05, 4.69) is 42.0 Å². The van der Waals surface area contributed by atoms with Crippen molar-refractivity contribution in [2.75, 3.05) is 13.9 Å². The van der Waals surface area contributed by atoms with E-state index in [4.69, 9.17) is 18.9 Å². The lowest BCUT2D eigenvalue weighted by Gasteiger charge is -2.18. The number of aromatic nitrogens is 1. The topological polar surface area (TPSA) is 57.9 Å². The van der Waals surface area contributed by atoms with Gasteiger partial charge < -0.3 is 18.9 Å². The number of unbranched alkanes of at least 4 members (excludes halogenated alkanes) is 6. The molecule has 3 heterocycles. The zero-order valence-corrected chi connectivity index (χ0v) is 21.7. The van der Waals surface area contributed by atoms with Gasteiger partial charge in [-0.15, -0.1) is 0 Å². The van der Waals surface area contributed by atoms with Crippen LogP contribution in [0.4, 0.5) is 0 Å². The molecule has 6 rings (SSSR count). The molecule has 37 heavy (non-hydrogen) atoms. The molecule has 0 saturated heterocycles. The number of rotatable bonds is 10. The average molecular weight is 501 g/mol. The van der Waals surface area contributed by atoms with E-state index in [1.165, 1.54) is 48.6 Å². The fourth-order valence-electron chi connectivity index (χ4n) is 5.89. The Morgan fingerprint density at radius 2 is 1.73 bits per heavy atom. The number of pyridine rings is 1. The Morgan fingerprint density at radius 1 is 0.946 bits per heavy atom. The summed E-state index contributed by atoms with van der Waals surface area (Å²) in [4.78, 5) is 12.9. The van der Waals surface area contributed by atoms with Crippen molar-refractivity contribution in [3.63, 3.8) is 0 Å². The summed E-state index contributed by atoms with van der Waals surface area (Å²) in [6.45, 7) is 3.32. The summed E-state index contributed by atoms with van der Waals surface area (Å²) in [6, 6.07) is 10.4. The Labute approximate surface area is 217 Å². The second kappa shape index (κ2) is 10.1. The lowest BCUT2D eigenvalue weighted by atomic mass is 9.93. The molecule has 3 aromatic carbocycles. The molecule has 0 atom stereocenters. The Balaban J connectivity index is 1.35. The molecule has 0 unspecified atom stereocenters. The summed E-state index contributed by atoms with van der Waals surface area (Å²) in [6.07, 6.45) is 11.6. The predicted octanol–water partition coefficient (Wildman–Crippen LogP) is 6.77. The Hall–Kier alpha value is -3.54. The molecule has 0 spiro atoms. The van der Waals surface area contributed by atoms with Gasteiger partial charge in [0.2, 0.25) is 12.3 Å². The number of nitrogens with zero attached hydrogens (tertiary/aromatic N) is 1. The number of benzene rings is 3. The van der Waals surface area contributed by atoms with E-state index < -0.39 is 0 Å². The standard InChI is InChI=1S/C31H34NO5/c1-3-4-5-6-7-8-9-10-27(33)37-31-24-18-32-16-15-20-17-26-30(36-19-35-26)23-12-11-22(29(32)28(20)23)21(24)13-14-25(31)34-2/h11-14,17-18H,3-10,15-16,19H2,1-2H3/q+1. The number of fused-ring (bicyclic) bond motifs is 4. The molecule has 0 saturated carbocycles. The molecule has 0 bridgehead atoms. The highest BCUT2D eigenvalue weighted by Gasteiger charge is 2.30. The van der Waals surface area contributed by atoms with E-state index in [0.29, 0.717) is 17.9 Å². The van der Waals surface area contributed by atoms with Crippen LogP contribution in [0, 0.1) is 0 Å². The SMILES string of the molecule is CCCCCCCCCC(=O)Oc1c(OC)ccc2c1c[n+]1c3c2ccc2c4c(cc(c23)CC1)OCO4. The Morgan fingerprint density at radius 3 is 2.57 bits per heavy atom. The highest BCUT2D eigenvalue weighted by atomic mass is 16.7. The predicted molar refractivity (Wildman–Crippen MR) is 144 cm³/mol. The molecule has 0 amide bonds. The van der Waals surface area contributed by atoms with Crippen LogP contribution < -0.4 is 23.5 Å². The molecular formula is C31H34NO5+. The van der Waals surface area contributed by atoms with E-state index in [0.717, 1.165) is 58.9 Å². The summed E-state index contributed by atoms with van der Waals surface area (Å²) in [5.74, 6) is 2.54. The lowest BCUT2D eigenvalue weighted by molar-refractivity contribution is -0.670. The van der Waals surface area contributed by atoms with Crippen LogP contribution in [0.5, 0.6) is 23.0 Å². The second-order valence-electron chi connectivity index (χ2n) is 10.1. The number of hydrogen-bond donors (Lipinski definition) is 0. The van der Waals surface area contributed by atoms with Gasteiger partial charge in [0.1, 0.15) is 0 Å². The summed E-state index contributed by atoms with van der Waals surface area (Å²) in [5, 5.41) is 5.35. The zero-order chi connectivity index (χ0) is 25.4. The van der Waals surface area contributed by atoms with E-state index >= 15 is 0 Å². The van der Waals surface area contributed by atoms with Crippen molar-refractivity contribution >= 4 is 38.4 Å². The first-order valence-electron chi connectivity index (χ1n) is 13.6. The number of ether oxygens (including phenoxy) is 4. The summed E-state index contributed by atoms with van der Waals surface area (Å²) in [5.41, 5.74) is 2.45. The summed E-state index contributed by atoms with van der Waals surface area (Å²) < 4.78 is 25.4.